The maximum Gasteiger partial charge on any atom is 0.235 e. The van der Waals surface area contributed by atoms with Crippen LogP contribution in [0.15, 0.2) is 57.7 Å². The number of carbonyl (C=O) groups excluding carboxylic acids is 2. The van der Waals surface area contributed by atoms with Crippen LogP contribution in [0.3, 0.4) is 0 Å². The summed E-state index contributed by atoms with van der Waals surface area (Å²) in [4.78, 5) is 37.4. The first-order valence-electron chi connectivity index (χ1n) is 10.4. The van der Waals surface area contributed by atoms with Crippen molar-refractivity contribution in [2.75, 3.05) is 24.0 Å². The van der Waals surface area contributed by atoms with Gasteiger partial charge in [-0.2, -0.15) is 0 Å². The number of anilines is 2. The number of amides is 2. The highest BCUT2D eigenvalue weighted by Crippen LogP contribution is 2.28. The second-order valence-corrected chi connectivity index (χ2v) is 9.22. The van der Waals surface area contributed by atoms with E-state index in [9.17, 15) is 23.2 Å². The fraction of sp³-hybridized carbons (Fsp3) is 0.320. The van der Waals surface area contributed by atoms with E-state index in [0.29, 0.717) is 28.3 Å². The monoisotopic (exact) mass is 456 g/mol. The summed E-state index contributed by atoms with van der Waals surface area (Å²) in [7, 11) is 0. The first-order valence-corrected chi connectivity index (χ1v) is 10.4. The molecule has 6 nitrogen and oxygen atoms in total. The minimum Gasteiger partial charge on any atom is -0.456 e. The second kappa shape index (κ2) is 9.13. The quantitative estimate of drug-likeness (QED) is 0.525. The van der Waals surface area contributed by atoms with Crippen LogP contribution in [0.5, 0.6) is 0 Å². The zero-order valence-electron chi connectivity index (χ0n) is 18.9. The zero-order valence-corrected chi connectivity index (χ0v) is 18.9. The van der Waals surface area contributed by atoms with Crippen LogP contribution < -0.4 is 16.1 Å². The minimum atomic E-state index is -1.75. The van der Waals surface area contributed by atoms with Gasteiger partial charge in [0.05, 0.1) is 11.1 Å². The molecule has 2 amide bonds. The fourth-order valence-electron chi connectivity index (χ4n) is 2.92. The summed E-state index contributed by atoms with van der Waals surface area (Å²) < 4.78 is 32.0. The average Bonchev–Trinajstić information content (AvgIpc) is 2.78. The van der Waals surface area contributed by atoms with E-state index < -0.39 is 30.1 Å². The van der Waals surface area contributed by atoms with Gasteiger partial charge in [0.2, 0.25) is 11.8 Å². The van der Waals surface area contributed by atoms with Crippen molar-refractivity contribution in [3.63, 3.8) is 0 Å². The third-order valence-electron chi connectivity index (χ3n) is 5.25. The van der Waals surface area contributed by atoms with Gasteiger partial charge in [-0.3, -0.25) is 14.4 Å². The van der Waals surface area contributed by atoms with Crippen LogP contribution in [0, 0.1) is 10.8 Å². The minimum absolute atomic E-state index is 0.229. The Morgan fingerprint density at radius 1 is 0.909 bits per heavy atom. The molecule has 1 heterocycles. The van der Waals surface area contributed by atoms with Gasteiger partial charge in [-0.1, -0.05) is 26.8 Å². The standard InChI is InChI=1S/C25H26F2N2O4/c1-24(2,3)22(31)29-17-6-5-7-19-21(17)18(30)12-20(33-19)15-8-10-16(11-9-15)28-23(32)25(4,13-26)14-27/h5-12H,13-14H2,1-4H3,(H,28,32)(H,29,31). The second-order valence-electron chi connectivity index (χ2n) is 9.22. The molecule has 33 heavy (non-hydrogen) atoms. The molecule has 0 aliphatic rings. The average molecular weight is 456 g/mol. The third kappa shape index (κ3) is 5.10. The van der Waals surface area contributed by atoms with Gasteiger partial charge in [-0.25, -0.2) is 8.78 Å². The van der Waals surface area contributed by atoms with Gasteiger partial charge in [0.1, 0.15) is 30.1 Å². The lowest BCUT2D eigenvalue weighted by Crippen LogP contribution is -2.37. The van der Waals surface area contributed by atoms with E-state index in [1.54, 1.807) is 63.2 Å². The van der Waals surface area contributed by atoms with Crippen molar-refractivity contribution >= 4 is 34.2 Å². The molecule has 3 aromatic rings. The Hall–Kier alpha value is -3.55. The van der Waals surface area contributed by atoms with Crippen molar-refractivity contribution in [1.29, 1.82) is 0 Å². The zero-order chi connectivity index (χ0) is 24.4. The van der Waals surface area contributed by atoms with Crippen molar-refractivity contribution in [2.45, 2.75) is 27.7 Å². The van der Waals surface area contributed by atoms with Crippen LogP contribution in [0.1, 0.15) is 27.7 Å². The molecule has 0 saturated heterocycles. The molecular formula is C25H26F2N2O4. The van der Waals surface area contributed by atoms with Crippen molar-refractivity contribution < 1.29 is 22.8 Å². The Labute approximate surface area is 190 Å². The van der Waals surface area contributed by atoms with Gasteiger partial charge in [-0.15, -0.1) is 0 Å². The van der Waals surface area contributed by atoms with E-state index in [4.69, 9.17) is 4.42 Å². The normalized spacial score (nSPS) is 11.9. The molecule has 2 N–H and O–H groups in total. The van der Waals surface area contributed by atoms with E-state index in [1.165, 1.54) is 13.0 Å². The molecular weight excluding hydrogens is 430 g/mol. The molecule has 0 radical (unpaired) electrons. The SMILES string of the molecule is CC(C)(C)C(=O)Nc1cccc2oc(-c3ccc(NC(=O)C(C)(CF)CF)cc3)cc(=O)c12. The van der Waals surface area contributed by atoms with Gasteiger partial charge in [0, 0.05) is 22.7 Å². The van der Waals surface area contributed by atoms with E-state index in [1.807, 2.05) is 0 Å². The highest BCUT2D eigenvalue weighted by molar-refractivity contribution is 6.02. The lowest BCUT2D eigenvalue weighted by molar-refractivity contribution is -0.126. The van der Waals surface area contributed by atoms with Gasteiger partial charge in [0.15, 0.2) is 5.43 Å². The molecule has 0 aliphatic carbocycles. The summed E-state index contributed by atoms with van der Waals surface area (Å²) in [6.07, 6.45) is 0. The van der Waals surface area contributed by atoms with Gasteiger partial charge < -0.3 is 15.1 Å². The fourth-order valence-corrected chi connectivity index (χ4v) is 2.92. The first-order chi connectivity index (χ1) is 15.5. The predicted octanol–water partition coefficient (Wildman–Crippen LogP) is 5.33. The predicted molar refractivity (Wildman–Crippen MR) is 125 cm³/mol. The van der Waals surface area contributed by atoms with Gasteiger partial charge in [-0.05, 0) is 43.3 Å². The Bertz CT molecular complexity index is 1240. The molecule has 0 atom stereocenters. The number of alkyl halides is 2. The maximum absolute atomic E-state index is 13.0. The third-order valence-corrected chi connectivity index (χ3v) is 5.25. The summed E-state index contributed by atoms with van der Waals surface area (Å²) in [6, 6.07) is 12.6. The number of hydrogen-bond donors (Lipinski definition) is 2. The molecule has 3 rings (SSSR count). The van der Waals surface area contributed by atoms with Crippen LogP contribution >= 0.6 is 0 Å². The number of hydrogen-bond acceptors (Lipinski definition) is 4. The van der Waals surface area contributed by atoms with Crippen LogP contribution in [0.25, 0.3) is 22.3 Å². The summed E-state index contributed by atoms with van der Waals surface area (Å²) >= 11 is 0. The number of carbonyl (C=O) groups is 2. The number of nitrogens with one attached hydrogen (secondary N) is 2. The molecule has 174 valence electrons. The summed E-state index contributed by atoms with van der Waals surface area (Å²) in [5.74, 6) is -0.697. The summed E-state index contributed by atoms with van der Waals surface area (Å²) in [5, 5.41) is 5.53. The molecule has 0 unspecified atom stereocenters. The number of halogens is 2. The van der Waals surface area contributed by atoms with Crippen LogP contribution in [-0.4, -0.2) is 25.2 Å². The van der Waals surface area contributed by atoms with Crippen LogP contribution in [0.4, 0.5) is 20.2 Å². The highest BCUT2D eigenvalue weighted by Gasteiger charge is 2.33. The van der Waals surface area contributed by atoms with Crippen LogP contribution in [0.2, 0.25) is 0 Å². The van der Waals surface area contributed by atoms with Gasteiger partial charge >= 0.3 is 0 Å². The Morgan fingerprint density at radius 3 is 2.12 bits per heavy atom. The van der Waals surface area contributed by atoms with E-state index in [2.05, 4.69) is 10.6 Å². The Kier molecular flexibility index (Phi) is 6.67. The molecule has 8 heteroatoms. The molecule has 0 spiro atoms. The first kappa shape index (κ1) is 24.1. The van der Waals surface area contributed by atoms with Crippen molar-refractivity contribution in [1.82, 2.24) is 0 Å². The van der Waals surface area contributed by atoms with Crippen LogP contribution in [-0.2, 0) is 9.59 Å². The molecule has 0 bridgehead atoms. The van der Waals surface area contributed by atoms with E-state index in [-0.39, 0.29) is 16.7 Å². The molecule has 2 aromatic carbocycles. The molecule has 0 aliphatic heterocycles. The van der Waals surface area contributed by atoms with Crippen molar-refractivity contribution in [2.24, 2.45) is 10.8 Å². The smallest absolute Gasteiger partial charge is 0.235 e. The van der Waals surface area contributed by atoms with Crippen molar-refractivity contribution in [3.8, 4) is 11.3 Å². The summed E-state index contributed by atoms with van der Waals surface area (Å²) in [6.45, 7) is 4.29. The van der Waals surface area contributed by atoms with E-state index in [0.717, 1.165) is 0 Å². The van der Waals surface area contributed by atoms with E-state index >= 15 is 0 Å². The molecule has 0 fully saturated rings. The number of benzene rings is 2. The Balaban J connectivity index is 1.90. The molecule has 1 aromatic heterocycles. The number of rotatable bonds is 6. The van der Waals surface area contributed by atoms with Crippen molar-refractivity contribution in [3.05, 3.63) is 58.8 Å². The lowest BCUT2D eigenvalue weighted by atomic mass is 9.93. The number of fused-ring (bicyclic) bond motifs is 1. The lowest BCUT2D eigenvalue weighted by Gasteiger charge is -2.21. The topological polar surface area (TPSA) is 88.4 Å². The Morgan fingerprint density at radius 2 is 1.55 bits per heavy atom. The van der Waals surface area contributed by atoms with Gasteiger partial charge in [0.25, 0.3) is 0 Å². The largest absolute Gasteiger partial charge is 0.456 e. The molecule has 0 saturated carbocycles. The highest BCUT2D eigenvalue weighted by atomic mass is 19.1. The maximum atomic E-state index is 13.0. The summed E-state index contributed by atoms with van der Waals surface area (Å²) in [5.41, 5.74) is -1.11.